The van der Waals surface area contributed by atoms with Crippen LogP contribution >= 0.6 is 11.6 Å². The molecule has 0 bridgehead atoms. The van der Waals surface area contributed by atoms with Gasteiger partial charge in [-0.15, -0.1) is 0 Å². The van der Waals surface area contributed by atoms with Crippen LogP contribution in [0.4, 0.5) is 5.69 Å². The van der Waals surface area contributed by atoms with Gasteiger partial charge in [-0.05, 0) is 12.1 Å². The molecule has 1 heterocycles. The molecule has 1 atom stereocenters. The van der Waals surface area contributed by atoms with Gasteiger partial charge in [-0.3, -0.25) is 0 Å². The second-order valence-electron chi connectivity index (χ2n) is 3.79. The van der Waals surface area contributed by atoms with Crippen molar-refractivity contribution in [1.82, 2.24) is 0 Å². The Morgan fingerprint density at radius 2 is 2.35 bits per heavy atom. The summed E-state index contributed by atoms with van der Waals surface area (Å²) in [6, 6.07) is 2.80. The fourth-order valence-corrected chi connectivity index (χ4v) is 1.94. The van der Waals surface area contributed by atoms with Crippen LogP contribution in [0.5, 0.6) is 5.75 Å². The summed E-state index contributed by atoms with van der Waals surface area (Å²) in [6.07, 6.45) is 0.564. The lowest BCUT2D eigenvalue weighted by Crippen LogP contribution is -2.18. The molecule has 1 aromatic carbocycles. The number of hydrogen-bond donors (Lipinski definition) is 2. The molecule has 0 saturated carbocycles. The Morgan fingerprint density at radius 1 is 1.59 bits per heavy atom. The Labute approximate surface area is 103 Å². The molecule has 0 aliphatic carbocycles. The number of carbonyl (C=O) groups is 1. The first-order valence-electron chi connectivity index (χ1n) is 5.14. The van der Waals surface area contributed by atoms with Crippen molar-refractivity contribution in [3.05, 3.63) is 22.7 Å². The van der Waals surface area contributed by atoms with E-state index in [1.807, 2.05) is 0 Å². The lowest BCUT2D eigenvalue weighted by Gasteiger charge is -2.15. The molecule has 5 nitrogen and oxygen atoms in total. The van der Waals surface area contributed by atoms with Crippen LogP contribution in [-0.4, -0.2) is 30.4 Å². The van der Waals surface area contributed by atoms with Crippen LogP contribution in [0.15, 0.2) is 12.1 Å². The van der Waals surface area contributed by atoms with Gasteiger partial charge in [-0.2, -0.15) is 0 Å². The highest BCUT2D eigenvalue weighted by molar-refractivity contribution is 6.33. The Bertz CT molecular complexity index is 443. The summed E-state index contributed by atoms with van der Waals surface area (Å²) in [5.74, 6) is -0.961. The summed E-state index contributed by atoms with van der Waals surface area (Å²) in [5.41, 5.74) is 5.81. The monoisotopic (exact) mass is 257 g/mol. The molecule has 0 spiro atoms. The number of nitrogen functional groups attached to an aromatic ring is 1. The van der Waals surface area contributed by atoms with E-state index in [0.29, 0.717) is 18.9 Å². The van der Waals surface area contributed by atoms with Crippen LogP contribution < -0.4 is 10.5 Å². The van der Waals surface area contributed by atoms with Gasteiger partial charge in [0.2, 0.25) is 0 Å². The van der Waals surface area contributed by atoms with Gasteiger partial charge in [-0.1, -0.05) is 11.6 Å². The van der Waals surface area contributed by atoms with E-state index in [0.717, 1.165) is 6.42 Å². The topological polar surface area (TPSA) is 81.8 Å². The Hall–Kier alpha value is -1.46. The van der Waals surface area contributed by atoms with Crippen LogP contribution in [0.1, 0.15) is 16.8 Å². The highest BCUT2D eigenvalue weighted by atomic mass is 35.5. The van der Waals surface area contributed by atoms with Crippen LogP contribution in [0.2, 0.25) is 5.02 Å². The molecule has 0 radical (unpaired) electrons. The van der Waals surface area contributed by atoms with E-state index in [4.69, 9.17) is 31.9 Å². The van der Waals surface area contributed by atoms with Gasteiger partial charge < -0.3 is 20.3 Å². The number of ether oxygens (including phenoxy) is 2. The van der Waals surface area contributed by atoms with E-state index >= 15 is 0 Å². The fraction of sp³-hybridized carbons (Fsp3) is 0.364. The predicted molar refractivity (Wildman–Crippen MR) is 62.7 cm³/mol. The maximum atomic E-state index is 11.1. The van der Waals surface area contributed by atoms with Crippen LogP contribution in [-0.2, 0) is 4.74 Å². The van der Waals surface area contributed by atoms with Gasteiger partial charge in [-0.25, -0.2) is 4.79 Å². The van der Waals surface area contributed by atoms with Crippen molar-refractivity contribution in [3.63, 3.8) is 0 Å². The summed E-state index contributed by atoms with van der Waals surface area (Å²) in [7, 11) is 0. The van der Waals surface area contributed by atoms with E-state index in [-0.39, 0.29) is 22.4 Å². The number of carboxylic acid groups (broad SMARTS) is 1. The molecule has 3 N–H and O–H groups in total. The van der Waals surface area contributed by atoms with Crippen LogP contribution in [0.25, 0.3) is 0 Å². The molecule has 6 heteroatoms. The Balaban J connectivity index is 2.33. The molecule has 92 valence electrons. The smallest absolute Gasteiger partial charge is 0.339 e. The number of halogens is 1. The lowest BCUT2D eigenvalue weighted by molar-refractivity contribution is 0.0687. The van der Waals surface area contributed by atoms with E-state index < -0.39 is 5.97 Å². The first-order valence-corrected chi connectivity index (χ1v) is 5.52. The summed E-state index contributed by atoms with van der Waals surface area (Å²) in [5, 5.41) is 9.27. The minimum atomic E-state index is -1.12. The third-order valence-electron chi connectivity index (χ3n) is 2.47. The summed E-state index contributed by atoms with van der Waals surface area (Å²) in [4.78, 5) is 11.1. The number of benzene rings is 1. The molecule has 1 fully saturated rings. The molecule has 1 aliphatic heterocycles. The van der Waals surface area contributed by atoms with Crippen molar-refractivity contribution in [2.24, 2.45) is 0 Å². The van der Waals surface area contributed by atoms with E-state index in [1.54, 1.807) is 0 Å². The molecule has 2 rings (SSSR count). The maximum absolute atomic E-state index is 11.1. The molecular formula is C11H12ClNO4. The number of anilines is 1. The zero-order valence-electron chi connectivity index (χ0n) is 8.98. The largest absolute Gasteiger partial charge is 0.485 e. The first kappa shape index (κ1) is 12.0. The highest BCUT2D eigenvalue weighted by Crippen LogP contribution is 2.33. The maximum Gasteiger partial charge on any atom is 0.339 e. The van der Waals surface area contributed by atoms with Crippen molar-refractivity contribution in [2.45, 2.75) is 12.5 Å². The SMILES string of the molecule is Nc1cc(Cl)c(OC2CCOC2)c(C(=O)O)c1. The van der Waals surface area contributed by atoms with Crippen molar-refractivity contribution >= 4 is 23.3 Å². The molecule has 1 unspecified atom stereocenters. The number of aromatic carboxylic acids is 1. The molecule has 0 aromatic heterocycles. The molecular weight excluding hydrogens is 246 g/mol. The predicted octanol–water partition coefficient (Wildman–Crippen LogP) is 1.79. The molecule has 0 amide bonds. The second-order valence-corrected chi connectivity index (χ2v) is 4.20. The van der Waals surface area contributed by atoms with Crippen LogP contribution in [0, 0.1) is 0 Å². The highest BCUT2D eigenvalue weighted by Gasteiger charge is 2.23. The molecule has 1 aliphatic rings. The van der Waals surface area contributed by atoms with Gasteiger partial charge in [0.15, 0.2) is 5.75 Å². The minimum absolute atomic E-state index is 0.0260. The zero-order valence-corrected chi connectivity index (χ0v) is 9.74. The van der Waals surface area contributed by atoms with Gasteiger partial charge in [0.25, 0.3) is 0 Å². The third kappa shape index (κ3) is 2.62. The molecule has 1 aromatic rings. The van der Waals surface area contributed by atoms with Gasteiger partial charge in [0.1, 0.15) is 11.7 Å². The van der Waals surface area contributed by atoms with Crippen molar-refractivity contribution < 1.29 is 19.4 Å². The average Bonchev–Trinajstić information content (AvgIpc) is 2.74. The van der Waals surface area contributed by atoms with Gasteiger partial charge in [0.05, 0.1) is 18.2 Å². The molecule has 17 heavy (non-hydrogen) atoms. The normalized spacial score (nSPS) is 19.2. The van der Waals surface area contributed by atoms with Crippen LogP contribution in [0.3, 0.4) is 0 Å². The van der Waals surface area contributed by atoms with Gasteiger partial charge >= 0.3 is 5.97 Å². The average molecular weight is 258 g/mol. The molecule has 1 saturated heterocycles. The quantitative estimate of drug-likeness (QED) is 0.807. The van der Waals surface area contributed by atoms with Crippen molar-refractivity contribution in [2.75, 3.05) is 18.9 Å². The number of carboxylic acids is 1. The summed E-state index contributed by atoms with van der Waals surface area (Å²) in [6.45, 7) is 1.05. The minimum Gasteiger partial charge on any atom is -0.485 e. The first-order chi connectivity index (χ1) is 8.08. The Morgan fingerprint density at radius 3 is 2.94 bits per heavy atom. The second kappa shape index (κ2) is 4.81. The third-order valence-corrected chi connectivity index (χ3v) is 2.75. The Kier molecular flexibility index (Phi) is 3.40. The van der Waals surface area contributed by atoms with Crippen molar-refractivity contribution in [3.8, 4) is 5.75 Å². The summed E-state index contributed by atoms with van der Waals surface area (Å²) < 4.78 is 10.7. The van der Waals surface area contributed by atoms with Crippen molar-refractivity contribution in [1.29, 1.82) is 0 Å². The number of hydrogen-bond acceptors (Lipinski definition) is 4. The standard InChI is InChI=1S/C11H12ClNO4/c12-9-4-6(13)3-8(11(14)15)10(9)17-7-1-2-16-5-7/h3-4,7H,1-2,5,13H2,(H,14,15). The van der Waals surface area contributed by atoms with Gasteiger partial charge in [0, 0.05) is 12.1 Å². The van der Waals surface area contributed by atoms with E-state index in [9.17, 15) is 4.79 Å². The number of rotatable bonds is 3. The lowest BCUT2D eigenvalue weighted by atomic mass is 10.1. The fourth-order valence-electron chi connectivity index (χ4n) is 1.67. The van der Waals surface area contributed by atoms with E-state index in [1.165, 1.54) is 12.1 Å². The zero-order chi connectivity index (χ0) is 12.4. The summed E-state index contributed by atoms with van der Waals surface area (Å²) >= 11 is 5.95. The van der Waals surface area contributed by atoms with E-state index in [2.05, 4.69) is 0 Å². The number of nitrogens with two attached hydrogens (primary N) is 1.